The number of halogens is 1. The number of carbonyl (C=O) groups is 4. The Balaban J connectivity index is 1.38. The molecule has 2 aliphatic heterocycles. The number of rotatable bonds is 7. The average Bonchev–Trinajstić information content (AvgIpc) is 3.44. The summed E-state index contributed by atoms with van der Waals surface area (Å²) in [5, 5.41) is 2.94. The molecule has 0 bridgehead atoms. The molecule has 3 aromatic carbocycles. The van der Waals surface area contributed by atoms with Crippen LogP contribution in [-0.4, -0.2) is 40.1 Å². The van der Waals surface area contributed by atoms with Crippen molar-refractivity contribution in [2.45, 2.75) is 29.7 Å². The van der Waals surface area contributed by atoms with Crippen LogP contribution in [0.2, 0.25) is 5.02 Å². The van der Waals surface area contributed by atoms with Crippen molar-refractivity contribution >= 4 is 69.8 Å². The Morgan fingerprint density at radius 1 is 0.930 bits per heavy atom. The number of nitrogens with one attached hydrogen (secondary N) is 1. The lowest BCUT2D eigenvalue weighted by Crippen LogP contribution is -2.33. The molecular weight excluding hydrogens is 610 g/mol. The molecular formula is C31H24ClN3O6S2. The van der Waals surface area contributed by atoms with Crippen LogP contribution in [0, 0.1) is 5.92 Å². The number of para-hydroxylation sites is 1. The molecule has 3 heterocycles. The maximum absolute atomic E-state index is 14.0. The summed E-state index contributed by atoms with van der Waals surface area (Å²) in [5.74, 6) is -3.16. The Kier molecular flexibility index (Phi) is 7.95. The van der Waals surface area contributed by atoms with Crippen LogP contribution in [0.1, 0.15) is 33.6 Å². The van der Waals surface area contributed by atoms with Crippen LogP contribution in [0.4, 0.5) is 11.4 Å². The number of ether oxygens (including phenoxy) is 1. The Labute approximate surface area is 259 Å². The SMILES string of the molecule is CCOC(=O)c1ccc(N2C(=O)[C@H]3[C@H](c4ccc(Cl)cc4)c4sc(=O)n(CC(=O)Nc5ccccc5)c4S[C@H]3C2=O)cc1. The first-order chi connectivity index (χ1) is 20.8. The van der Waals surface area contributed by atoms with Crippen molar-refractivity contribution in [1.29, 1.82) is 0 Å². The molecule has 0 saturated carbocycles. The van der Waals surface area contributed by atoms with Gasteiger partial charge in [-0.25, -0.2) is 9.69 Å². The van der Waals surface area contributed by atoms with Gasteiger partial charge in [0, 0.05) is 21.5 Å². The first kappa shape index (κ1) is 28.9. The molecule has 9 nitrogen and oxygen atoms in total. The molecule has 0 radical (unpaired) electrons. The van der Waals surface area contributed by atoms with E-state index in [1.807, 2.05) is 6.07 Å². The second-order valence-electron chi connectivity index (χ2n) is 9.91. The van der Waals surface area contributed by atoms with Crippen LogP contribution in [0.15, 0.2) is 88.7 Å². The number of imide groups is 1. The van der Waals surface area contributed by atoms with Gasteiger partial charge in [0.05, 0.1) is 28.8 Å². The van der Waals surface area contributed by atoms with Crippen LogP contribution in [-0.2, 0) is 25.7 Å². The largest absolute Gasteiger partial charge is 0.462 e. The summed E-state index contributed by atoms with van der Waals surface area (Å²) in [6, 6.07) is 22.0. The molecule has 3 atom stereocenters. The Bertz CT molecular complexity index is 1790. The molecule has 1 N–H and O–H groups in total. The average molecular weight is 634 g/mol. The van der Waals surface area contributed by atoms with Crippen molar-refractivity contribution in [3.05, 3.63) is 110 Å². The van der Waals surface area contributed by atoms with E-state index in [9.17, 15) is 24.0 Å². The number of fused-ring (bicyclic) bond motifs is 2. The minimum atomic E-state index is -0.845. The zero-order valence-corrected chi connectivity index (χ0v) is 25.1. The lowest BCUT2D eigenvalue weighted by atomic mass is 9.83. The topological polar surface area (TPSA) is 115 Å². The van der Waals surface area contributed by atoms with Gasteiger partial charge >= 0.3 is 10.8 Å². The van der Waals surface area contributed by atoms with E-state index in [4.69, 9.17) is 16.3 Å². The highest BCUT2D eigenvalue weighted by atomic mass is 35.5. The van der Waals surface area contributed by atoms with Gasteiger partial charge in [-0.3, -0.25) is 23.7 Å². The van der Waals surface area contributed by atoms with E-state index in [-0.39, 0.29) is 18.0 Å². The third-order valence-corrected chi connectivity index (χ3v) is 10.1. The van der Waals surface area contributed by atoms with Gasteiger partial charge in [-0.2, -0.15) is 0 Å². The molecule has 1 fully saturated rings. The van der Waals surface area contributed by atoms with E-state index in [0.717, 1.165) is 33.6 Å². The maximum atomic E-state index is 14.0. The van der Waals surface area contributed by atoms with E-state index in [0.29, 0.717) is 31.9 Å². The van der Waals surface area contributed by atoms with E-state index >= 15 is 0 Å². The van der Waals surface area contributed by atoms with Gasteiger partial charge in [0.15, 0.2) is 0 Å². The number of hydrogen-bond acceptors (Lipinski definition) is 8. The Morgan fingerprint density at radius 2 is 1.63 bits per heavy atom. The molecule has 0 aliphatic carbocycles. The third-order valence-electron chi connectivity index (χ3n) is 7.27. The van der Waals surface area contributed by atoms with E-state index in [2.05, 4.69) is 5.32 Å². The molecule has 218 valence electrons. The van der Waals surface area contributed by atoms with Crippen LogP contribution in [0.5, 0.6) is 0 Å². The quantitative estimate of drug-likeness (QED) is 0.220. The normalized spacial score (nSPS) is 19.1. The summed E-state index contributed by atoms with van der Waals surface area (Å²) in [5.41, 5.74) is 1.95. The second kappa shape index (κ2) is 11.8. The second-order valence-corrected chi connectivity index (χ2v) is 12.5. The van der Waals surface area contributed by atoms with E-state index in [1.54, 1.807) is 67.6 Å². The summed E-state index contributed by atoms with van der Waals surface area (Å²) in [6.07, 6.45) is 0. The first-order valence-electron chi connectivity index (χ1n) is 13.4. The van der Waals surface area contributed by atoms with Gasteiger partial charge in [-0.1, -0.05) is 65.0 Å². The highest BCUT2D eigenvalue weighted by Gasteiger charge is 2.56. The summed E-state index contributed by atoms with van der Waals surface area (Å²) in [6.45, 7) is 1.68. The lowest BCUT2D eigenvalue weighted by molar-refractivity contribution is -0.122. The summed E-state index contributed by atoms with van der Waals surface area (Å²) in [7, 11) is 0. The van der Waals surface area contributed by atoms with Crippen LogP contribution < -0.4 is 15.1 Å². The number of thioether (sulfide) groups is 1. The number of aromatic nitrogens is 1. The first-order valence-corrected chi connectivity index (χ1v) is 15.5. The minimum Gasteiger partial charge on any atom is -0.462 e. The molecule has 0 spiro atoms. The molecule has 0 unspecified atom stereocenters. The molecule has 6 rings (SSSR count). The van der Waals surface area contributed by atoms with Crippen molar-refractivity contribution in [2.24, 2.45) is 5.92 Å². The number of hydrogen-bond donors (Lipinski definition) is 1. The smallest absolute Gasteiger partial charge is 0.338 e. The predicted octanol–water partition coefficient (Wildman–Crippen LogP) is 5.17. The van der Waals surface area contributed by atoms with Crippen molar-refractivity contribution < 1.29 is 23.9 Å². The standard InChI is InChI=1S/C31H24ClN3O6S2/c1-2-41-30(39)18-10-14-21(15-11-18)35-27(37)24-23(17-8-12-19(32)13-9-17)26-29(42-25(24)28(35)38)34(31(40)43-26)16-22(36)33-20-6-4-3-5-7-20/h3-15,23-25H,2,16H2,1H3,(H,33,36)/t23-,24-,25+/m0/s1. The van der Waals surface area contributed by atoms with Crippen molar-refractivity contribution in [1.82, 2.24) is 4.57 Å². The summed E-state index contributed by atoms with van der Waals surface area (Å²) in [4.78, 5) is 67.7. The minimum absolute atomic E-state index is 0.222. The van der Waals surface area contributed by atoms with Gasteiger partial charge < -0.3 is 10.1 Å². The van der Waals surface area contributed by atoms with Crippen molar-refractivity contribution in [3.63, 3.8) is 0 Å². The molecule has 2 aliphatic rings. The third kappa shape index (κ3) is 5.39. The molecule has 12 heteroatoms. The number of thiazole rings is 1. The van der Waals surface area contributed by atoms with Gasteiger partial charge in [0.1, 0.15) is 11.8 Å². The molecule has 1 aromatic heterocycles. The number of esters is 1. The van der Waals surface area contributed by atoms with Crippen LogP contribution in [0.3, 0.4) is 0 Å². The van der Waals surface area contributed by atoms with E-state index < -0.39 is 40.8 Å². The van der Waals surface area contributed by atoms with Crippen molar-refractivity contribution in [3.8, 4) is 0 Å². The van der Waals surface area contributed by atoms with Gasteiger partial charge in [0.2, 0.25) is 17.7 Å². The monoisotopic (exact) mass is 633 g/mol. The zero-order chi connectivity index (χ0) is 30.2. The number of benzene rings is 3. The number of anilines is 2. The number of amides is 3. The molecule has 1 saturated heterocycles. The maximum Gasteiger partial charge on any atom is 0.338 e. The van der Waals surface area contributed by atoms with Gasteiger partial charge in [0.25, 0.3) is 0 Å². The fourth-order valence-corrected chi connectivity index (χ4v) is 8.26. The lowest BCUT2D eigenvalue weighted by Gasteiger charge is -2.30. The number of nitrogens with zero attached hydrogens (tertiary/aromatic N) is 2. The number of carbonyl (C=O) groups excluding carboxylic acids is 4. The molecule has 43 heavy (non-hydrogen) atoms. The molecule has 3 amide bonds. The zero-order valence-electron chi connectivity index (χ0n) is 22.7. The Hall–Kier alpha value is -4.19. The van der Waals surface area contributed by atoms with E-state index in [1.165, 1.54) is 16.7 Å². The van der Waals surface area contributed by atoms with Gasteiger partial charge in [-0.15, -0.1) is 0 Å². The van der Waals surface area contributed by atoms with Crippen LogP contribution >= 0.6 is 34.7 Å². The molecule has 4 aromatic rings. The highest BCUT2D eigenvalue weighted by molar-refractivity contribution is 8.00. The summed E-state index contributed by atoms with van der Waals surface area (Å²) < 4.78 is 6.41. The predicted molar refractivity (Wildman–Crippen MR) is 165 cm³/mol. The highest BCUT2D eigenvalue weighted by Crippen LogP contribution is 2.54. The fraction of sp³-hybridized carbons (Fsp3) is 0.194. The fourth-order valence-electron chi connectivity index (χ4n) is 5.37. The van der Waals surface area contributed by atoms with Crippen molar-refractivity contribution in [2.75, 3.05) is 16.8 Å². The van der Waals surface area contributed by atoms with Crippen LogP contribution in [0.25, 0.3) is 0 Å². The Morgan fingerprint density at radius 3 is 2.30 bits per heavy atom. The van der Waals surface area contributed by atoms with Gasteiger partial charge in [-0.05, 0) is 61.0 Å². The summed E-state index contributed by atoms with van der Waals surface area (Å²) >= 11 is 8.27.